The Morgan fingerprint density at radius 3 is 2.41 bits per heavy atom. The molecule has 32 heavy (non-hydrogen) atoms. The van der Waals surface area contributed by atoms with Crippen LogP contribution in [-0.2, 0) is 27.3 Å². The summed E-state index contributed by atoms with van der Waals surface area (Å²) >= 11 is 1.61. The first kappa shape index (κ1) is 25.7. The van der Waals surface area contributed by atoms with Crippen molar-refractivity contribution in [2.75, 3.05) is 41.0 Å². The molecule has 1 atom stereocenters. The van der Waals surface area contributed by atoms with Crippen LogP contribution in [0.3, 0.4) is 0 Å². The van der Waals surface area contributed by atoms with Crippen LogP contribution < -0.4 is 9.47 Å². The summed E-state index contributed by atoms with van der Waals surface area (Å²) in [6.07, 6.45) is 1.42. The van der Waals surface area contributed by atoms with E-state index < -0.39 is 0 Å². The van der Waals surface area contributed by atoms with Gasteiger partial charge in [-0.25, -0.2) is 0 Å². The summed E-state index contributed by atoms with van der Waals surface area (Å²) in [5.74, 6) is 1.08. The standard InChI is InChI=1S/C24H34N2O5S/c1-6-18(2)26(24(28)17-29-3)16-23(27)25(15-20-8-7-13-32-20)12-11-19-9-10-21(30-4)22(14-19)31-5/h7-10,13-14,18H,6,11-12,15-17H2,1-5H3. The number of carbonyl (C=O) groups is 2. The molecule has 0 bridgehead atoms. The zero-order valence-electron chi connectivity index (χ0n) is 19.6. The van der Waals surface area contributed by atoms with Gasteiger partial charge in [-0.15, -0.1) is 11.3 Å². The summed E-state index contributed by atoms with van der Waals surface area (Å²) in [7, 11) is 4.70. The van der Waals surface area contributed by atoms with Crippen LogP contribution in [0.5, 0.6) is 11.5 Å². The van der Waals surface area contributed by atoms with Gasteiger partial charge in [-0.2, -0.15) is 0 Å². The molecular formula is C24H34N2O5S. The van der Waals surface area contributed by atoms with E-state index in [1.807, 2.05) is 54.5 Å². The Bertz CT molecular complexity index is 856. The van der Waals surface area contributed by atoms with Gasteiger partial charge >= 0.3 is 0 Å². The Balaban J connectivity index is 2.16. The van der Waals surface area contributed by atoms with Crippen molar-refractivity contribution in [1.29, 1.82) is 0 Å². The molecule has 1 aromatic carbocycles. The zero-order valence-corrected chi connectivity index (χ0v) is 20.4. The van der Waals surface area contributed by atoms with E-state index in [0.29, 0.717) is 31.0 Å². The zero-order chi connectivity index (χ0) is 23.5. The first-order chi connectivity index (χ1) is 15.4. The molecule has 1 aromatic heterocycles. The molecule has 2 aromatic rings. The lowest BCUT2D eigenvalue weighted by molar-refractivity contribution is -0.145. The predicted molar refractivity (Wildman–Crippen MR) is 126 cm³/mol. The van der Waals surface area contributed by atoms with Crippen LogP contribution in [0.2, 0.25) is 0 Å². The van der Waals surface area contributed by atoms with Crippen LogP contribution in [0.25, 0.3) is 0 Å². The van der Waals surface area contributed by atoms with E-state index in [1.165, 1.54) is 7.11 Å². The molecule has 2 amide bonds. The lowest BCUT2D eigenvalue weighted by atomic mass is 10.1. The predicted octanol–water partition coefficient (Wildman–Crippen LogP) is 3.61. The first-order valence-electron chi connectivity index (χ1n) is 10.7. The van der Waals surface area contributed by atoms with Crippen molar-refractivity contribution >= 4 is 23.2 Å². The van der Waals surface area contributed by atoms with Crippen molar-refractivity contribution in [1.82, 2.24) is 9.80 Å². The average Bonchev–Trinajstić information content (AvgIpc) is 3.32. The Kier molecular flexibility index (Phi) is 10.5. The second-order valence-electron chi connectivity index (χ2n) is 7.55. The molecular weight excluding hydrogens is 428 g/mol. The number of ether oxygens (including phenoxy) is 3. The molecule has 0 saturated carbocycles. The monoisotopic (exact) mass is 462 g/mol. The van der Waals surface area contributed by atoms with E-state index in [1.54, 1.807) is 30.5 Å². The largest absolute Gasteiger partial charge is 0.493 e. The second-order valence-corrected chi connectivity index (χ2v) is 8.58. The van der Waals surface area contributed by atoms with Gasteiger partial charge in [-0.3, -0.25) is 9.59 Å². The molecule has 0 aliphatic carbocycles. The number of thiophene rings is 1. The Morgan fingerprint density at radius 1 is 1.06 bits per heavy atom. The highest BCUT2D eigenvalue weighted by Gasteiger charge is 2.25. The van der Waals surface area contributed by atoms with Gasteiger partial charge < -0.3 is 24.0 Å². The maximum atomic E-state index is 13.3. The maximum absolute atomic E-state index is 13.3. The van der Waals surface area contributed by atoms with E-state index in [-0.39, 0.29) is 31.0 Å². The van der Waals surface area contributed by atoms with Crippen LogP contribution in [0.1, 0.15) is 30.7 Å². The van der Waals surface area contributed by atoms with Crippen LogP contribution >= 0.6 is 11.3 Å². The smallest absolute Gasteiger partial charge is 0.249 e. The fraction of sp³-hybridized carbons (Fsp3) is 0.500. The van der Waals surface area contributed by atoms with Crippen molar-refractivity contribution in [3.8, 4) is 11.5 Å². The number of nitrogens with zero attached hydrogens (tertiary/aromatic N) is 2. The van der Waals surface area contributed by atoms with Crippen LogP contribution in [0.15, 0.2) is 35.7 Å². The Hall–Kier alpha value is -2.58. The molecule has 0 fully saturated rings. The molecule has 2 rings (SSSR count). The molecule has 176 valence electrons. The van der Waals surface area contributed by atoms with Gasteiger partial charge in [0, 0.05) is 24.6 Å². The van der Waals surface area contributed by atoms with Crippen molar-refractivity contribution in [3.05, 3.63) is 46.2 Å². The molecule has 0 aliphatic heterocycles. The minimum atomic E-state index is -0.175. The molecule has 0 spiro atoms. The molecule has 7 nitrogen and oxygen atoms in total. The van der Waals surface area contributed by atoms with Crippen molar-refractivity contribution in [2.24, 2.45) is 0 Å². The van der Waals surface area contributed by atoms with Gasteiger partial charge in [0.2, 0.25) is 11.8 Å². The number of hydrogen-bond acceptors (Lipinski definition) is 6. The number of benzene rings is 1. The van der Waals surface area contributed by atoms with Crippen molar-refractivity contribution in [3.63, 3.8) is 0 Å². The summed E-state index contributed by atoms with van der Waals surface area (Å²) in [6, 6.07) is 9.72. The molecule has 1 heterocycles. The summed E-state index contributed by atoms with van der Waals surface area (Å²) < 4.78 is 15.7. The number of carbonyl (C=O) groups excluding carboxylic acids is 2. The highest BCUT2D eigenvalue weighted by Crippen LogP contribution is 2.28. The summed E-state index contributed by atoms with van der Waals surface area (Å²) in [4.78, 5) is 30.4. The SMILES string of the molecule is CCC(C)N(CC(=O)N(CCc1ccc(OC)c(OC)c1)Cc1cccs1)C(=O)COC. The fourth-order valence-electron chi connectivity index (χ4n) is 3.35. The number of rotatable bonds is 13. The van der Waals surface area contributed by atoms with E-state index in [0.717, 1.165) is 16.9 Å². The van der Waals surface area contributed by atoms with Gasteiger partial charge in [0.15, 0.2) is 11.5 Å². The molecule has 0 saturated heterocycles. The van der Waals surface area contributed by atoms with Gasteiger partial charge in [0.25, 0.3) is 0 Å². The fourth-order valence-corrected chi connectivity index (χ4v) is 4.06. The molecule has 1 unspecified atom stereocenters. The minimum Gasteiger partial charge on any atom is -0.493 e. The quantitative estimate of drug-likeness (QED) is 0.455. The number of amides is 2. The van der Waals surface area contributed by atoms with Gasteiger partial charge in [0.1, 0.15) is 13.2 Å². The first-order valence-corrected chi connectivity index (χ1v) is 11.6. The van der Waals surface area contributed by atoms with Gasteiger partial charge in [-0.05, 0) is 48.9 Å². The maximum Gasteiger partial charge on any atom is 0.249 e. The van der Waals surface area contributed by atoms with Crippen LogP contribution in [-0.4, -0.2) is 68.7 Å². The van der Waals surface area contributed by atoms with Crippen molar-refractivity contribution in [2.45, 2.75) is 39.3 Å². The Labute approximate surface area is 194 Å². The number of methoxy groups -OCH3 is 3. The van der Waals surface area contributed by atoms with Gasteiger partial charge in [0.05, 0.1) is 20.8 Å². The van der Waals surface area contributed by atoms with Crippen LogP contribution in [0, 0.1) is 0 Å². The second kappa shape index (κ2) is 13.1. The topological polar surface area (TPSA) is 68.3 Å². The summed E-state index contributed by atoms with van der Waals surface area (Å²) in [5, 5.41) is 2.00. The third kappa shape index (κ3) is 7.24. The van der Waals surface area contributed by atoms with E-state index in [9.17, 15) is 9.59 Å². The molecule has 0 radical (unpaired) electrons. The van der Waals surface area contributed by atoms with E-state index in [4.69, 9.17) is 14.2 Å². The lowest BCUT2D eigenvalue weighted by Gasteiger charge is -2.31. The highest BCUT2D eigenvalue weighted by atomic mass is 32.1. The average molecular weight is 463 g/mol. The van der Waals surface area contributed by atoms with Gasteiger partial charge in [-0.1, -0.05) is 19.1 Å². The van der Waals surface area contributed by atoms with E-state index in [2.05, 4.69) is 0 Å². The summed E-state index contributed by atoms with van der Waals surface area (Å²) in [6.45, 7) is 5.00. The third-order valence-electron chi connectivity index (χ3n) is 5.41. The summed E-state index contributed by atoms with van der Waals surface area (Å²) in [5.41, 5.74) is 1.04. The normalized spacial score (nSPS) is 11.7. The molecule has 0 N–H and O–H groups in total. The number of hydrogen-bond donors (Lipinski definition) is 0. The third-order valence-corrected chi connectivity index (χ3v) is 6.28. The highest BCUT2D eigenvalue weighted by molar-refractivity contribution is 7.09. The minimum absolute atomic E-state index is 0.0335. The lowest BCUT2D eigenvalue weighted by Crippen LogP contribution is -2.47. The molecule has 0 aliphatic rings. The van der Waals surface area contributed by atoms with E-state index >= 15 is 0 Å². The van der Waals surface area contributed by atoms with Crippen LogP contribution in [0.4, 0.5) is 0 Å². The van der Waals surface area contributed by atoms with Crippen molar-refractivity contribution < 1.29 is 23.8 Å². The Morgan fingerprint density at radius 2 is 1.81 bits per heavy atom. The molecule has 8 heteroatoms.